The van der Waals surface area contributed by atoms with Gasteiger partial charge in [0.15, 0.2) is 0 Å². The zero-order valence-electron chi connectivity index (χ0n) is 17.4. The van der Waals surface area contributed by atoms with Crippen molar-refractivity contribution in [2.45, 2.75) is 25.8 Å². The van der Waals surface area contributed by atoms with Gasteiger partial charge in [-0.15, -0.1) is 5.10 Å². The van der Waals surface area contributed by atoms with E-state index in [0.717, 1.165) is 24.3 Å². The summed E-state index contributed by atoms with van der Waals surface area (Å²) < 4.78 is 7.58. The maximum Gasteiger partial charge on any atom is 0.321 e. The molecule has 1 aliphatic carbocycles. The minimum absolute atomic E-state index is 0.345. The van der Waals surface area contributed by atoms with Crippen LogP contribution >= 0.6 is 23.2 Å². The summed E-state index contributed by atoms with van der Waals surface area (Å²) in [7, 11) is 1.83. The summed E-state index contributed by atoms with van der Waals surface area (Å²) in [5, 5.41) is 9.28. The van der Waals surface area contributed by atoms with Crippen LogP contribution in [0.5, 0.6) is 11.8 Å². The number of halogens is 2. The Kier molecular flexibility index (Phi) is 5.40. The summed E-state index contributed by atoms with van der Waals surface area (Å²) in [6, 6.07) is 10.3. The molecule has 2 atom stereocenters. The fraction of sp³-hybridized carbons (Fsp3) is 0.409. The maximum absolute atomic E-state index is 6.14. The number of nitrogens with one attached hydrogen (secondary N) is 1. The number of anilines is 2. The molecule has 31 heavy (non-hydrogen) atoms. The third kappa shape index (κ3) is 4.29. The van der Waals surface area contributed by atoms with E-state index in [2.05, 4.69) is 25.3 Å². The normalized spacial score (nSPS) is 22.6. The highest BCUT2D eigenvalue weighted by molar-refractivity contribution is 6.30. The molecular weight excluding hydrogens is 435 g/mol. The molecule has 0 amide bonds. The second-order valence-electron chi connectivity index (χ2n) is 8.42. The Hall–Kier alpha value is -2.51. The van der Waals surface area contributed by atoms with Gasteiger partial charge in [0.25, 0.3) is 0 Å². The van der Waals surface area contributed by atoms with Gasteiger partial charge in [-0.25, -0.2) is 9.67 Å². The van der Waals surface area contributed by atoms with Gasteiger partial charge in [0.1, 0.15) is 10.9 Å². The Morgan fingerprint density at radius 3 is 2.58 bits per heavy atom. The number of aryl methyl sites for hydroxylation is 2. The fourth-order valence-corrected chi connectivity index (χ4v) is 5.24. The van der Waals surface area contributed by atoms with Gasteiger partial charge in [-0.05, 0) is 67.5 Å². The van der Waals surface area contributed by atoms with Crippen LogP contribution < -0.4 is 15.0 Å². The highest BCUT2D eigenvalue weighted by atomic mass is 35.5. The van der Waals surface area contributed by atoms with E-state index in [-0.39, 0.29) is 0 Å². The molecule has 9 heteroatoms. The van der Waals surface area contributed by atoms with E-state index in [1.807, 2.05) is 38.2 Å². The van der Waals surface area contributed by atoms with Crippen LogP contribution in [0.1, 0.15) is 18.4 Å². The van der Waals surface area contributed by atoms with Gasteiger partial charge in [-0.1, -0.05) is 23.2 Å². The molecule has 162 valence electrons. The van der Waals surface area contributed by atoms with Crippen LogP contribution in [0.4, 0.5) is 11.6 Å². The number of benzene rings is 1. The van der Waals surface area contributed by atoms with E-state index >= 15 is 0 Å². The number of ether oxygens (including phenoxy) is 1. The van der Waals surface area contributed by atoms with Crippen LogP contribution in [0.15, 0.2) is 36.5 Å². The number of aromatic nitrogens is 4. The highest BCUT2D eigenvalue weighted by Gasteiger charge is 2.42. The summed E-state index contributed by atoms with van der Waals surface area (Å²) in [5.41, 5.74) is 2.17. The molecule has 1 saturated heterocycles. The van der Waals surface area contributed by atoms with Crippen LogP contribution in [0, 0.1) is 18.8 Å². The monoisotopic (exact) mass is 458 g/mol. The first kappa shape index (κ1) is 20.4. The molecule has 7 nitrogen and oxygen atoms in total. The molecule has 2 fully saturated rings. The van der Waals surface area contributed by atoms with Gasteiger partial charge < -0.3 is 15.0 Å². The third-order valence-electron chi connectivity index (χ3n) is 6.15. The summed E-state index contributed by atoms with van der Waals surface area (Å²) in [6.45, 7) is 3.93. The van der Waals surface area contributed by atoms with Crippen LogP contribution in [0.25, 0.3) is 0 Å². The van der Waals surface area contributed by atoms with Gasteiger partial charge in [0.05, 0.1) is 0 Å². The molecule has 2 unspecified atom stereocenters. The van der Waals surface area contributed by atoms with Crippen molar-refractivity contribution in [1.29, 1.82) is 0 Å². The molecule has 1 aliphatic heterocycles. The zero-order chi connectivity index (χ0) is 21.5. The standard InChI is InChI=1S/C22H24Cl2N6O/c1-13-7-16(23)9-18(8-13)31-22-27-21(28-29(22)2)26-20-14-3-4-15(20)12-30(11-14)17-5-6-25-19(24)10-17/h5-10,14-15,20H,3-4,11-12H2,1-2H3,(H,26,28). The molecule has 2 aliphatic rings. The van der Waals surface area contributed by atoms with Gasteiger partial charge in [-0.2, -0.15) is 4.98 Å². The van der Waals surface area contributed by atoms with E-state index in [1.165, 1.54) is 12.8 Å². The number of nitrogens with zero attached hydrogens (tertiary/aromatic N) is 5. The molecule has 5 rings (SSSR count). The van der Waals surface area contributed by atoms with Gasteiger partial charge in [0.2, 0.25) is 5.95 Å². The van der Waals surface area contributed by atoms with Crippen molar-refractivity contribution in [2.75, 3.05) is 23.3 Å². The quantitative estimate of drug-likeness (QED) is 0.545. The molecule has 0 radical (unpaired) electrons. The van der Waals surface area contributed by atoms with Crippen LogP contribution in [0.2, 0.25) is 10.2 Å². The van der Waals surface area contributed by atoms with Crippen molar-refractivity contribution < 1.29 is 4.74 Å². The lowest BCUT2D eigenvalue weighted by atomic mass is 9.92. The van der Waals surface area contributed by atoms with Crippen molar-refractivity contribution in [3.8, 4) is 11.8 Å². The summed E-state index contributed by atoms with van der Waals surface area (Å²) >= 11 is 12.2. The largest absolute Gasteiger partial charge is 0.424 e. The molecule has 1 N–H and O–H groups in total. The lowest BCUT2D eigenvalue weighted by Crippen LogP contribution is -2.48. The molecule has 2 aromatic heterocycles. The van der Waals surface area contributed by atoms with Crippen LogP contribution in [-0.2, 0) is 7.05 Å². The fourth-order valence-electron chi connectivity index (χ4n) is 4.79. The number of fused-ring (bicyclic) bond motifs is 2. The third-order valence-corrected chi connectivity index (χ3v) is 6.58. The molecule has 0 spiro atoms. The van der Waals surface area contributed by atoms with Crippen LogP contribution in [-0.4, -0.2) is 38.9 Å². The predicted octanol–water partition coefficient (Wildman–Crippen LogP) is 4.94. The molecule has 3 aromatic rings. The van der Waals surface area contributed by atoms with E-state index < -0.39 is 0 Å². The lowest BCUT2D eigenvalue weighted by Gasteiger charge is -2.39. The van der Waals surface area contributed by atoms with E-state index in [1.54, 1.807) is 16.9 Å². The highest BCUT2D eigenvalue weighted by Crippen LogP contribution is 2.40. The van der Waals surface area contributed by atoms with Gasteiger partial charge in [-0.3, -0.25) is 0 Å². The minimum Gasteiger partial charge on any atom is -0.424 e. The first-order valence-corrected chi connectivity index (χ1v) is 11.2. The topological polar surface area (TPSA) is 68.1 Å². The van der Waals surface area contributed by atoms with E-state index in [0.29, 0.717) is 45.8 Å². The van der Waals surface area contributed by atoms with Gasteiger partial charge >= 0.3 is 6.01 Å². The van der Waals surface area contributed by atoms with Crippen molar-refractivity contribution >= 4 is 34.8 Å². The van der Waals surface area contributed by atoms with Crippen molar-refractivity contribution in [3.63, 3.8) is 0 Å². The van der Waals surface area contributed by atoms with Crippen LogP contribution in [0.3, 0.4) is 0 Å². The van der Waals surface area contributed by atoms with E-state index in [9.17, 15) is 0 Å². The average molecular weight is 459 g/mol. The Labute approximate surface area is 191 Å². The number of hydrogen-bond donors (Lipinski definition) is 1. The Morgan fingerprint density at radius 2 is 1.87 bits per heavy atom. The second-order valence-corrected chi connectivity index (χ2v) is 9.24. The molecule has 3 heterocycles. The van der Waals surface area contributed by atoms with E-state index in [4.69, 9.17) is 27.9 Å². The lowest BCUT2D eigenvalue weighted by molar-refractivity contribution is 0.376. The first-order valence-electron chi connectivity index (χ1n) is 10.4. The predicted molar refractivity (Wildman–Crippen MR) is 122 cm³/mol. The number of pyridine rings is 1. The van der Waals surface area contributed by atoms with Crippen molar-refractivity contribution in [1.82, 2.24) is 19.7 Å². The number of piperidine rings is 1. The maximum atomic E-state index is 6.14. The molecule has 2 bridgehead atoms. The Balaban J connectivity index is 1.28. The first-order chi connectivity index (χ1) is 14.9. The number of hydrogen-bond acceptors (Lipinski definition) is 6. The second kappa shape index (κ2) is 8.20. The molecule has 1 aromatic carbocycles. The van der Waals surface area contributed by atoms with Gasteiger partial charge in [0, 0.05) is 43.1 Å². The smallest absolute Gasteiger partial charge is 0.321 e. The van der Waals surface area contributed by atoms with Crippen molar-refractivity contribution in [3.05, 3.63) is 52.3 Å². The molecule has 1 saturated carbocycles. The zero-order valence-corrected chi connectivity index (χ0v) is 18.9. The summed E-state index contributed by atoms with van der Waals surface area (Å²) in [4.78, 5) is 11.1. The SMILES string of the molecule is Cc1cc(Cl)cc(Oc2nc(NC3C4CCC3CN(c3ccnc(Cl)c3)C4)nn2C)c1. The number of rotatable bonds is 5. The van der Waals surface area contributed by atoms with Crippen molar-refractivity contribution in [2.24, 2.45) is 18.9 Å². The minimum atomic E-state index is 0.345. The average Bonchev–Trinajstić information content (AvgIpc) is 3.15. The Bertz CT molecular complexity index is 1070. The Morgan fingerprint density at radius 1 is 1.10 bits per heavy atom. The summed E-state index contributed by atoms with van der Waals surface area (Å²) in [5.74, 6) is 2.29. The molecular formula is C22H24Cl2N6O. The summed E-state index contributed by atoms with van der Waals surface area (Å²) in [6.07, 6.45) is 4.15.